The molecule has 21 heavy (non-hydrogen) atoms. The summed E-state index contributed by atoms with van der Waals surface area (Å²) >= 11 is 0. The first-order valence-corrected chi connectivity index (χ1v) is 7.98. The molecule has 0 aromatic carbocycles. The lowest BCUT2D eigenvalue weighted by molar-refractivity contribution is -0.150. The maximum atomic E-state index is 12.3. The van der Waals surface area contributed by atoms with Gasteiger partial charge in [-0.25, -0.2) is 0 Å². The van der Waals surface area contributed by atoms with Crippen molar-refractivity contribution in [2.75, 3.05) is 13.1 Å². The van der Waals surface area contributed by atoms with Crippen molar-refractivity contribution in [1.82, 2.24) is 10.2 Å². The van der Waals surface area contributed by atoms with Crippen molar-refractivity contribution < 1.29 is 14.7 Å². The molecular formula is C16H30N2O3. The predicted molar refractivity (Wildman–Crippen MR) is 83.1 cm³/mol. The van der Waals surface area contributed by atoms with Crippen LogP contribution < -0.4 is 5.32 Å². The second-order valence-corrected chi connectivity index (χ2v) is 6.82. The topological polar surface area (TPSA) is 69.6 Å². The van der Waals surface area contributed by atoms with E-state index in [1.165, 1.54) is 6.42 Å². The monoisotopic (exact) mass is 298 g/mol. The van der Waals surface area contributed by atoms with Gasteiger partial charge in [0.05, 0.1) is 6.54 Å². The number of carboxylic acid groups (broad SMARTS) is 1. The average molecular weight is 298 g/mol. The van der Waals surface area contributed by atoms with Crippen LogP contribution in [0.2, 0.25) is 0 Å². The van der Waals surface area contributed by atoms with Crippen LogP contribution in [0.4, 0.5) is 0 Å². The van der Waals surface area contributed by atoms with Gasteiger partial charge in [-0.3, -0.25) is 14.5 Å². The fourth-order valence-electron chi connectivity index (χ4n) is 3.05. The van der Waals surface area contributed by atoms with Crippen LogP contribution in [0.15, 0.2) is 0 Å². The summed E-state index contributed by atoms with van der Waals surface area (Å²) in [5, 5.41) is 12.4. The summed E-state index contributed by atoms with van der Waals surface area (Å²) in [7, 11) is 0. The Morgan fingerprint density at radius 1 is 1.29 bits per heavy atom. The van der Waals surface area contributed by atoms with E-state index < -0.39 is 11.5 Å². The number of hydrogen-bond donors (Lipinski definition) is 2. The minimum absolute atomic E-state index is 0.0721. The number of amides is 1. The minimum Gasteiger partial charge on any atom is -0.480 e. The van der Waals surface area contributed by atoms with Crippen molar-refractivity contribution >= 4 is 11.9 Å². The molecule has 3 atom stereocenters. The van der Waals surface area contributed by atoms with E-state index in [0.29, 0.717) is 18.4 Å². The molecule has 122 valence electrons. The van der Waals surface area contributed by atoms with E-state index in [9.17, 15) is 14.7 Å². The van der Waals surface area contributed by atoms with E-state index in [4.69, 9.17) is 0 Å². The summed E-state index contributed by atoms with van der Waals surface area (Å²) in [4.78, 5) is 25.3. The second-order valence-electron chi connectivity index (χ2n) is 6.82. The molecule has 0 heterocycles. The van der Waals surface area contributed by atoms with Gasteiger partial charge in [0.25, 0.3) is 0 Å². The number of carboxylic acids is 1. The van der Waals surface area contributed by atoms with Crippen molar-refractivity contribution in [2.45, 2.75) is 65.5 Å². The van der Waals surface area contributed by atoms with Crippen LogP contribution in [0.25, 0.3) is 0 Å². The van der Waals surface area contributed by atoms with E-state index in [-0.39, 0.29) is 18.5 Å². The van der Waals surface area contributed by atoms with E-state index in [0.717, 1.165) is 12.8 Å². The van der Waals surface area contributed by atoms with Gasteiger partial charge in [0.1, 0.15) is 5.54 Å². The number of carbonyl (C=O) groups excluding carboxylic acids is 1. The SMILES string of the molecule is CCN(CC(=O)NC1CCCC(C)C1C)C(C)(C)C(=O)O. The lowest BCUT2D eigenvalue weighted by Crippen LogP contribution is -2.55. The van der Waals surface area contributed by atoms with Gasteiger partial charge in [-0.15, -0.1) is 0 Å². The lowest BCUT2D eigenvalue weighted by atomic mass is 9.78. The molecule has 1 aliphatic rings. The molecule has 5 heteroatoms. The molecular weight excluding hydrogens is 268 g/mol. The Hall–Kier alpha value is -1.10. The molecule has 1 amide bonds. The van der Waals surface area contributed by atoms with Crippen LogP contribution in [0, 0.1) is 11.8 Å². The van der Waals surface area contributed by atoms with Gasteiger partial charge >= 0.3 is 5.97 Å². The van der Waals surface area contributed by atoms with Crippen molar-refractivity contribution in [2.24, 2.45) is 11.8 Å². The first kappa shape index (κ1) is 18.0. The maximum Gasteiger partial charge on any atom is 0.323 e. The van der Waals surface area contributed by atoms with Crippen LogP contribution in [-0.2, 0) is 9.59 Å². The normalized spacial score (nSPS) is 26.7. The number of nitrogens with one attached hydrogen (secondary N) is 1. The summed E-state index contributed by atoms with van der Waals surface area (Å²) in [5.41, 5.74) is -1.03. The predicted octanol–water partition coefficient (Wildman–Crippen LogP) is 2.11. The molecule has 1 fully saturated rings. The Kier molecular flexibility index (Phi) is 6.20. The van der Waals surface area contributed by atoms with Gasteiger partial charge in [-0.05, 0) is 38.6 Å². The molecule has 0 saturated heterocycles. The molecule has 0 aliphatic heterocycles. The number of nitrogens with zero attached hydrogens (tertiary/aromatic N) is 1. The van der Waals surface area contributed by atoms with E-state index in [2.05, 4.69) is 19.2 Å². The highest BCUT2D eigenvalue weighted by atomic mass is 16.4. The Morgan fingerprint density at radius 3 is 2.43 bits per heavy atom. The molecule has 0 spiro atoms. The van der Waals surface area contributed by atoms with Gasteiger partial charge in [0, 0.05) is 6.04 Å². The summed E-state index contributed by atoms with van der Waals surface area (Å²) < 4.78 is 0. The number of likely N-dealkylation sites (N-methyl/N-ethyl adjacent to an activating group) is 1. The summed E-state index contributed by atoms with van der Waals surface area (Å²) in [6, 6.07) is 0.216. The largest absolute Gasteiger partial charge is 0.480 e. The van der Waals surface area contributed by atoms with Gasteiger partial charge < -0.3 is 10.4 Å². The van der Waals surface area contributed by atoms with Gasteiger partial charge in [-0.1, -0.05) is 33.6 Å². The van der Waals surface area contributed by atoms with Crippen LogP contribution in [0.3, 0.4) is 0 Å². The fraction of sp³-hybridized carbons (Fsp3) is 0.875. The fourth-order valence-corrected chi connectivity index (χ4v) is 3.05. The average Bonchev–Trinajstić information content (AvgIpc) is 2.40. The van der Waals surface area contributed by atoms with Gasteiger partial charge in [0.2, 0.25) is 5.91 Å². The summed E-state index contributed by atoms with van der Waals surface area (Å²) in [6.45, 7) is 10.2. The quantitative estimate of drug-likeness (QED) is 0.788. The van der Waals surface area contributed by atoms with Crippen molar-refractivity contribution in [3.8, 4) is 0 Å². The smallest absolute Gasteiger partial charge is 0.323 e. The number of rotatable bonds is 6. The number of aliphatic carboxylic acids is 1. The maximum absolute atomic E-state index is 12.3. The molecule has 1 saturated carbocycles. The highest BCUT2D eigenvalue weighted by Gasteiger charge is 2.35. The number of carbonyl (C=O) groups is 2. The van der Waals surface area contributed by atoms with E-state index >= 15 is 0 Å². The molecule has 0 aromatic heterocycles. The molecule has 5 nitrogen and oxygen atoms in total. The van der Waals surface area contributed by atoms with Crippen LogP contribution in [-0.4, -0.2) is 46.6 Å². The molecule has 0 radical (unpaired) electrons. The zero-order valence-electron chi connectivity index (χ0n) is 14.0. The van der Waals surface area contributed by atoms with Crippen LogP contribution in [0.5, 0.6) is 0 Å². The Bertz CT molecular complexity index is 382. The Labute approximate surface area is 128 Å². The highest BCUT2D eigenvalue weighted by molar-refractivity contribution is 5.81. The first-order valence-electron chi connectivity index (χ1n) is 7.98. The molecule has 2 N–H and O–H groups in total. The summed E-state index contributed by atoms with van der Waals surface area (Å²) in [6.07, 6.45) is 3.39. The second kappa shape index (κ2) is 7.25. The lowest BCUT2D eigenvalue weighted by Gasteiger charge is -2.37. The van der Waals surface area contributed by atoms with Crippen LogP contribution in [0.1, 0.15) is 53.9 Å². The van der Waals surface area contributed by atoms with Gasteiger partial charge in [0.15, 0.2) is 0 Å². The Morgan fingerprint density at radius 2 is 1.90 bits per heavy atom. The molecule has 0 bridgehead atoms. The third kappa shape index (κ3) is 4.43. The third-order valence-corrected chi connectivity index (χ3v) is 5.08. The molecule has 1 rings (SSSR count). The molecule has 0 aromatic rings. The first-order chi connectivity index (χ1) is 9.70. The zero-order chi connectivity index (χ0) is 16.2. The highest BCUT2D eigenvalue weighted by Crippen LogP contribution is 2.29. The molecule has 1 aliphatic carbocycles. The van der Waals surface area contributed by atoms with Gasteiger partial charge in [-0.2, -0.15) is 0 Å². The molecule has 3 unspecified atom stereocenters. The van der Waals surface area contributed by atoms with Crippen LogP contribution >= 0.6 is 0 Å². The minimum atomic E-state index is -1.03. The van der Waals surface area contributed by atoms with E-state index in [1.54, 1.807) is 18.7 Å². The number of hydrogen-bond acceptors (Lipinski definition) is 3. The van der Waals surface area contributed by atoms with Crippen molar-refractivity contribution in [3.63, 3.8) is 0 Å². The Balaban J connectivity index is 2.61. The van der Waals surface area contributed by atoms with Crippen molar-refractivity contribution in [1.29, 1.82) is 0 Å². The standard InChI is InChI=1S/C16H30N2O3/c1-6-18(16(4,5)15(20)21)10-14(19)17-13-9-7-8-11(2)12(13)3/h11-13H,6-10H2,1-5H3,(H,17,19)(H,20,21). The van der Waals surface area contributed by atoms with Crippen molar-refractivity contribution in [3.05, 3.63) is 0 Å². The summed E-state index contributed by atoms with van der Waals surface area (Å²) in [5.74, 6) is 0.126. The zero-order valence-corrected chi connectivity index (χ0v) is 14.0. The van der Waals surface area contributed by atoms with E-state index in [1.807, 2.05) is 6.92 Å². The third-order valence-electron chi connectivity index (χ3n) is 5.08.